The van der Waals surface area contributed by atoms with Crippen molar-refractivity contribution in [2.24, 2.45) is 5.73 Å². The Kier molecular flexibility index (Phi) is 4.10. The van der Waals surface area contributed by atoms with Crippen molar-refractivity contribution in [2.45, 2.75) is 39.2 Å². The number of pyridine rings is 1. The maximum Gasteiger partial charge on any atom is 0.113 e. The van der Waals surface area contributed by atoms with Gasteiger partial charge in [0.25, 0.3) is 0 Å². The Morgan fingerprint density at radius 1 is 1.39 bits per heavy atom. The zero-order valence-electron chi connectivity index (χ0n) is 11.0. The van der Waals surface area contributed by atoms with Crippen LogP contribution in [0.3, 0.4) is 0 Å². The lowest BCUT2D eigenvalue weighted by Crippen LogP contribution is -2.18. The molecule has 0 aliphatic carbocycles. The number of hydrogen-bond acceptors (Lipinski definition) is 3. The molecule has 1 atom stereocenters. The Labute approximate surface area is 108 Å². The summed E-state index contributed by atoms with van der Waals surface area (Å²) in [4.78, 5) is 8.67. The molecule has 4 heteroatoms. The van der Waals surface area contributed by atoms with E-state index < -0.39 is 0 Å². The molecule has 0 aliphatic rings. The van der Waals surface area contributed by atoms with E-state index in [1.54, 1.807) is 0 Å². The highest BCUT2D eigenvalue weighted by Gasteiger charge is 2.06. The van der Waals surface area contributed by atoms with Crippen molar-refractivity contribution >= 4 is 0 Å². The summed E-state index contributed by atoms with van der Waals surface area (Å²) in [5.41, 5.74) is 8.05. The average Bonchev–Trinajstić information content (AvgIpc) is 2.77. The summed E-state index contributed by atoms with van der Waals surface area (Å²) in [7, 11) is 0. The number of nitrogens with two attached hydrogens (primary N) is 1. The van der Waals surface area contributed by atoms with Crippen molar-refractivity contribution in [3.05, 3.63) is 42.2 Å². The monoisotopic (exact) mass is 244 g/mol. The molecule has 0 aliphatic heterocycles. The summed E-state index contributed by atoms with van der Waals surface area (Å²) in [5.74, 6) is 1.08. The molecule has 2 aromatic rings. The van der Waals surface area contributed by atoms with Crippen LogP contribution in [-0.2, 0) is 12.8 Å². The smallest absolute Gasteiger partial charge is 0.113 e. The number of aromatic nitrogens is 3. The third kappa shape index (κ3) is 2.96. The molecule has 4 nitrogen and oxygen atoms in total. The van der Waals surface area contributed by atoms with Crippen LogP contribution in [0.2, 0.25) is 0 Å². The second kappa shape index (κ2) is 5.78. The van der Waals surface area contributed by atoms with E-state index in [9.17, 15) is 0 Å². The van der Waals surface area contributed by atoms with Gasteiger partial charge in [-0.2, -0.15) is 0 Å². The molecular weight excluding hydrogens is 224 g/mol. The van der Waals surface area contributed by atoms with E-state index in [1.165, 1.54) is 5.56 Å². The first-order chi connectivity index (χ1) is 8.70. The molecule has 18 heavy (non-hydrogen) atoms. The van der Waals surface area contributed by atoms with Crippen LogP contribution in [-0.4, -0.2) is 20.6 Å². The summed E-state index contributed by atoms with van der Waals surface area (Å²) >= 11 is 0. The summed E-state index contributed by atoms with van der Waals surface area (Å²) in [6, 6.07) is 2.29. The molecule has 0 aromatic carbocycles. The van der Waals surface area contributed by atoms with Crippen molar-refractivity contribution in [1.29, 1.82) is 0 Å². The number of aryl methyl sites for hydroxylation is 1. The van der Waals surface area contributed by atoms with Gasteiger partial charge in [-0.3, -0.25) is 4.98 Å². The van der Waals surface area contributed by atoms with E-state index in [0.29, 0.717) is 0 Å². The average molecular weight is 244 g/mol. The molecule has 96 valence electrons. The first-order valence-electron chi connectivity index (χ1n) is 6.42. The molecule has 0 amide bonds. The highest BCUT2D eigenvalue weighted by atomic mass is 15.1. The number of imidazole rings is 1. The molecule has 0 saturated heterocycles. The molecule has 2 aromatic heterocycles. The lowest BCUT2D eigenvalue weighted by atomic mass is 10.1. The lowest BCUT2D eigenvalue weighted by molar-refractivity contribution is 0.733. The fourth-order valence-corrected chi connectivity index (χ4v) is 2.07. The van der Waals surface area contributed by atoms with Gasteiger partial charge in [-0.1, -0.05) is 6.92 Å². The highest BCUT2D eigenvalue weighted by Crippen LogP contribution is 2.13. The van der Waals surface area contributed by atoms with E-state index in [1.807, 2.05) is 31.7 Å². The van der Waals surface area contributed by atoms with Gasteiger partial charge < -0.3 is 10.3 Å². The van der Waals surface area contributed by atoms with Gasteiger partial charge >= 0.3 is 0 Å². The largest absolute Gasteiger partial charge is 0.328 e. The van der Waals surface area contributed by atoms with E-state index in [-0.39, 0.29) is 6.04 Å². The number of rotatable bonds is 5. The van der Waals surface area contributed by atoms with Crippen LogP contribution in [0.5, 0.6) is 0 Å². The molecule has 1 unspecified atom stereocenters. The van der Waals surface area contributed by atoms with Gasteiger partial charge in [0.15, 0.2) is 0 Å². The van der Waals surface area contributed by atoms with Crippen LogP contribution in [0.25, 0.3) is 5.69 Å². The summed E-state index contributed by atoms with van der Waals surface area (Å²) in [6.45, 7) is 4.16. The molecule has 0 bridgehead atoms. The Hall–Kier alpha value is -1.68. The van der Waals surface area contributed by atoms with Crippen molar-refractivity contribution in [2.75, 3.05) is 0 Å². The molecule has 2 rings (SSSR count). The van der Waals surface area contributed by atoms with Crippen LogP contribution in [0.4, 0.5) is 0 Å². The first-order valence-corrected chi connectivity index (χ1v) is 6.42. The molecule has 0 spiro atoms. The zero-order chi connectivity index (χ0) is 13.0. The molecule has 2 N–H and O–H groups in total. The van der Waals surface area contributed by atoms with Gasteiger partial charge in [-0.25, -0.2) is 4.98 Å². The van der Waals surface area contributed by atoms with Crippen LogP contribution in [0, 0.1) is 0 Å². The number of nitrogens with zero attached hydrogens (tertiary/aromatic N) is 3. The van der Waals surface area contributed by atoms with Crippen molar-refractivity contribution < 1.29 is 0 Å². The zero-order valence-corrected chi connectivity index (χ0v) is 11.0. The molecule has 2 heterocycles. The SMILES string of the molecule is CCCc1nccn1-c1cncc(CC(C)N)c1. The van der Waals surface area contributed by atoms with E-state index in [4.69, 9.17) is 5.73 Å². The quantitative estimate of drug-likeness (QED) is 0.876. The summed E-state index contributed by atoms with van der Waals surface area (Å²) in [6.07, 6.45) is 10.5. The highest BCUT2D eigenvalue weighted by molar-refractivity contribution is 5.34. The molecule has 0 saturated carbocycles. The van der Waals surface area contributed by atoms with Crippen molar-refractivity contribution in [3.63, 3.8) is 0 Å². The minimum atomic E-state index is 0.153. The normalized spacial score (nSPS) is 12.6. The van der Waals surface area contributed by atoms with Gasteiger partial charge in [0.05, 0.1) is 11.9 Å². The topological polar surface area (TPSA) is 56.7 Å². The third-order valence-corrected chi connectivity index (χ3v) is 2.81. The van der Waals surface area contributed by atoms with Gasteiger partial charge in [0, 0.05) is 31.1 Å². The van der Waals surface area contributed by atoms with E-state index in [0.717, 1.165) is 30.8 Å². The van der Waals surface area contributed by atoms with E-state index >= 15 is 0 Å². The first kappa shape index (κ1) is 12.8. The van der Waals surface area contributed by atoms with Crippen molar-refractivity contribution in [3.8, 4) is 5.69 Å². The minimum absolute atomic E-state index is 0.153. The number of hydrogen-bond donors (Lipinski definition) is 1. The van der Waals surface area contributed by atoms with Gasteiger partial charge in [0.1, 0.15) is 5.82 Å². The van der Waals surface area contributed by atoms with Crippen molar-refractivity contribution in [1.82, 2.24) is 14.5 Å². The fourth-order valence-electron chi connectivity index (χ4n) is 2.07. The van der Waals surface area contributed by atoms with Crippen LogP contribution >= 0.6 is 0 Å². The predicted octanol–water partition coefficient (Wildman–Crippen LogP) is 2.11. The Balaban J connectivity index is 2.29. The Morgan fingerprint density at radius 3 is 2.94 bits per heavy atom. The lowest BCUT2D eigenvalue weighted by Gasteiger charge is -2.10. The maximum absolute atomic E-state index is 5.82. The third-order valence-electron chi connectivity index (χ3n) is 2.81. The molecular formula is C14H20N4. The van der Waals surface area contributed by atoms with Crippen LogP contribution in [0.15, 0.2) is 30.9 Å². The molecule has 0 fully saturated rings. The van der Waals surface area contributed by atoms with Gasteiger partial charge in [-0.05, 0) is 31.4 Å². The van der Waals surface area contributed by atoms with E-state index in [2.05, 4.69) is 27.5 Å². The summed E-state index contributed by atoms with van der Waals surface area (Å²) in [5, 5.41) is 0. The van der Waals surface area contributed by atoms with Crippen LogP contribution in [0.1, 0.15) is 31.7 Å². The van der Waals surface area contributed by atoms with Crippen LogP contribution < -0.4 is 5.73 Å². The minimum Gasteiger partial charge on any atom is -0.328 e. The Bertz CT molecular complexity index is 502. The fraction of sp³-hybridized carbons (Fsp3) is 0.429. The second-order valence-corrected chi connectivity index (χ2v) is 4.70. The Morgan fingerprint density at radius 2 is 2.22 bits per heavy atom. The standard InChI is InChI=1S/C14H20N4/c1-3-4-14-17-5-6-18(14)13-8-12(7-11(2)15)9-16-10-13/h5-6,8-11H,3-4,7,15H2,1-2H3. The maximum atomic E-state index is 5.82. The predicted molar refractivity (Wildman–Crippen MR) is 72.7 cm³/mol. The molecule has 0 radical (unpaired) electrons. The summed E-state index contributed by atoms with van der Waals surface area (Å²) < 4.78 is 2.10. The van der Waals surface area contributed by atoms with Gasteiger partial charge in [0.2, 0.25) is 0 Å². The van der Waals surface area contributed by atoms with Gasteiger partial charge in [-0.15, -0.1) is 0 Å². The second-order valence-electron chi connectivity index (χ2n) is 4.70.